The van der Waals surface area contributed by atoms with Crippen LogP contribution in [-0.2, 0) is 0 Å². The SMILES string of the molecule is COc1ccc(-c2cnc(Nc3cccc(C(=O)c4cccc(Nc5ncc(-c6ccc(OC)cc6)cn5)c4)c3)nc2)cc1. The van der Waals surface area contributed by atoms with E-state index >= 15 is 0 Å². The molecule has 0 spiro atoms. The summed E-state index contributed by atoms with van der Waals surface area (Å²) in [5.41, 5.74) is 6.20. The molecule has 216 valence electrons. The summed E-state index contributed by atoms with van der Waals surface area (Å²) in [4.78, 5) is 31.2. The van der Waals surface area contributed by atoms with E-state index in [2.05, 4.69) is 30.6 Å². The van der Waals surface area contributed by atoms with Gasteiger partial charge in [0.2, 0.25) is 11.9 Å². The Morgan fingerprint density at radius 3 is 1.27 bits per heavy atom. The standard InChI is InChI=1S/C35H28N6O3/c1-43-31-13-9-23(10-14-31)27-19-36-34(37-20-27)40-29-7-3-5-25(17-29)33(42)26-6-4-8-30(18-26)41-35-38-21-28(22-39-35)24-11-15-32(44-2)16-12-24/h3-22H,1-2H3,(H,36,37,40)(H,38,39,41). The fraction of sp³-hybridized carbons (Fsp3) is 0.0571. The first-order valence-electron chi connectivity index (χ1n) is 13.8. The van der Waals surface area contributed by atoms with E-state index in [0.717, 1.165) is 33.8 Å². The van der Waals surface area contributed by atoms with Crippen molar-refractivity contribution in [3.05, 3.63) is 133 Å². The van der Waals surface area contributed by atoms with Crippen molar-refractivity contribution in [1.29, 1.82) is 0 Å². The van der Waals surface area contributed by atoms with Gasteiger partial charge in [0.25, 0.3) is 0 Å². The molecule has 0 radical (unpaired) electrons. The Morgan fingerprint density at radius 1 is 0.523 bits per heavy atom. The lowest BCUT2D eigenvalue weighted by Gasteiger charge is -2.10. The van der Waals surface area contributed by atoms with E-state index in [4.69, 9.17) is 9.47 Å². The normalized spacial score (nSPS) is 10.6. The fourth-order valence-electron chi connectivity index (χ4n) is 4.55. The highest BCUT2D eigenvalue weighted by atomic mass is 16.5. The van der Waals surface area contributed by atoms with Gasteiger partial charge in [-0.25, -0.2) is 19.9 Å². The lowest BCUT2D eigenvalue weighted by Crippen LogP contribution is -2.04. The lowest BCUT2D eigenvalue weighted by molar-refractivity contribution is 0.103. The smallest absolute Gasteiger partial charge is 0.227 e. The lowest BCUT2D eigenvalue weighted by atomic mass is 10.0. The van der Waals surface area contributed by atoms with Gasteiger partial charge >= 0.3 is 0 Å². The van der Waals surface area contributed by atoms with E-state index in [0.29, 0.717) is 34.4 Å². The van der Waals surface area contributed by atoms with E-state index in [1.54, 1.807) is 63.3 Å². The second-order valence-corrected chi connectivity index (χ2v) is 9.79. The van der Waals surface area contributed by atoms with Crippen LogP contribution in [0.4, 0.5) is 23.3 Å². The molecule has 0 aliphatic carbocycles. The zero-order valence-corrected chi connectivity index (χ0v) is 24.1. The molecule has 4 aromatic carbocycles. The van der Waals surface area contributed by atoms with Crippen LogP contribution in [-0.4, -0.2) is 39.9 Å². The molecule has 0 aliphatic heterocycles. The van der Waals surface area contributed by atoms with E-state index in [9.17, 15) is 4.79 Å². The molecule has 2 N–H and O–H groups in total. The Morgan fingerprint density at radius 2 is 0.909 bits per heavy atom. The van der Waals surface area contributed by atoms with Gasteiger partial charge in [0.15, 0.2) is 5.78 Å². The first kappa shape index (κ1) is 28.0. The van der Waals surface area contributed by atoms with E-state index in [-0.39, 0.29) is 5.78 Å². The number of ether oxygens (including phenoxy) is 2. The number of rotatable bonds is 10. The monoisotopic (exact) mass is 580 g/mol. The molecule has 0 fully saturated rings. The van der Waals surface area contributed by atoms with Crippen LogP contribution in [0.3, 0.4) is 0 Å². The Labute approximate surface area is 254 Å². The van der Waals surface area contributed by atoms with Crippen molar-refractivity contribution in [2.75, 3.05) is 24.9 Å². The number of anilines is 4. The van der Waals surface area contributed by atoms with Crippen LogP contribution >= 0.6 is 0 Å². The van der Waals surface area contributed by atoms with Gasteiger partial charge in [-0.05, 0) is 59.7 Å². The molecule has 0 saturated carbocycles. The molecule has 44 heavy (non-hydrogen) atoms. The van der Waals surface area contributed by atoms with E-state index < -0.39 is 0 Å². The number of carbonyl (C=O) groups is 1. The molecule has 0 amide bonds. The Bertz CT molecular complexity index is 1740. The van der Waals surface area contributed by atoms with Crippen LogP contribution in [0.15, 0.2) is 122 Å². The quantitative estimate of drug-likeness (QED) is 0.161. The average molecular weight is 581 g/mol. The molecule has 2 heterocycles. The maximum absolute atomic E-state index is 13.4. The molecule has 0 saturated heterocycles. The van der Waals surface area contributed by atoms with Crippen LogP contribution < -0.4 is 20.1 Å². The highest BCUT2D eigenvalue weighted by molar-refractivity contribution is 6.10. The minimum absolute atomic E-state index is 0.121. The van der Waals surface area contributed by atoms with Crippen molar-refractivity contribution in [2.24, 2.45) is 0 Å². The van der Waals surface area contributed by atoms with E-state index in [1.807, 2.05) is 72.8 Å². The molecule has 9 heteroatoms. The fourth-order valence-corrected chi connectivity index (χ4v) is 4.55. The molecular weight excluding hydrogens is 552 g/mol. The number of benzene rings is 4. The maximum atomic E-state index is 13.4. The molecule has 0 bridgehead atoms. The molecule has 6 aromatic rings. The minimum Gasteiger partial charge on any atom is -0.497 e. The highest BCUT2D eigenvalue weighted by Crippen LogP contribution is 2.25. The van der Waals surface area contributed by atoms with Crippen LogP contribution in [0, 0.1) is 0 Å². The number of nitrogens with one attached hydrogen (secondary N) is 2. The summed E-state index contributed by atoms with van der Waals surface area (Å²) in [6.07, 6.45) is 7.00. The minimum atomic E-state index is -0.121. The van der Waals surface area contributed by atoms with Crippen molar-refractivity contribution < 1.29 is 14.3 Å². The molecule has 9 nitrogen and oxygen atoms in total. The zero-order chi connectivity index (χ0) is 30.3. The summed E-state index contributed by atoms with van der Waals surface area (Å²) >= 11 is 0. The second kappa shape index (κ2) is 12.8. The summed E-state index contributed by atoms with van der Waals surface area (Å²) in [5, 5.41) is 6.37. The number of nitrogens with zero attached hydrogens (tertiary/aromatic N) is 4. The van der Waals surface area contributed by atoms with Gasteiger partial charge in [0.05, 0.1) is 14.2 Å². The molecule has 0 unspecified atom stereocenters. The van der Waals surface area contributed by atoms with Crippen LogP contribution in [0.1, 0.15) is 15.9 Å². The predicted octanol–water partition coefficient (Wildman–Crippen LogP) is 7.34. The largest absolute Gasteiger partial charge is 0.497 e. The predicted molar refractivity (Wildman–Crippen MR) is 171 cm³/mol. The molecule has 0 aliphatic rings. The van der Waals surface area contributed by atoms with Crippen LogP contribution in [0.2, 0.25) is 0 Å². The summed E-state index contributed by atoms with van der Waals surface area (Å²) in [6, 6.07) is 29.9. The summed E-state index contributed by atoms with van der Waals surface area (Å²) < 4.78 is 10.4. The maximum Gasteiger partial charge on any atom is 0.227 e. The first-order valence-corrected chi connectivity index (χ1v) is 13.8. The number of aromatic nitrogens is 4. The number of ketones is 1. The number of hydrogen-bond acceptors (Lipinski definition) is 9. The summed E-state index contributed by atoms with van der Waals surface area (Å²) in [6.45, 7) is 0. The topological polar surface area (TPSA) is 111 Å². The van der Waals surface area contributed by atoms with Gasteiger partial charge in [-0.1, -0.05) is 48.5 Å². The second-order valence-electron chi connectivity index (χ2n) is 9.79. The van der Waals surface area contributed by atoms with Gasteiger partial charge in [0.1, 0.15) is 11.5 Å². The molecular formula is C35H28N6O3. The van der Waals surface area contributed by atoms with Gasteiger partial charge in [0, 0.05) is 58.4 Å². The Kier molecular flexibility index (Phi) is 8.18. The molecule has 0 atom stereocenters. The summed E-state index contributed by atoms with van der Waals surface area (Å²) in [5.74, 6) is 2.31. The van der Waals surface area contributed by atoms with E-state index in [1.165, 1.54) is 0 Å². The third-order valence-corrected chi connectivity index (χ3v) is 6.91. The van der Waals surface area contributed by atoms with Crippen molar-refractivity contribution in [3.63, 3.8) is 0 Å². The molecule has 6 rings (SSSR count). The Hall–Kier alpha value is -6.09. The number of methoxy groups -OCH3 is 2. The average Bonchev–Trinajstić information content (AvgIpc) is 3.09. The van der Waals surface area contributed by atoms with Crippen molar-refractivity contribution >= 4 is 29.1 Å². The van der Waals surface area contributed by atoms with Gasteiger partial charge in [-0.3, -0.25) is 4.79 Å². The van der Waals surface area contributed by atoms with Crippen molar-refractivity contribution in [1.82, 2.24) is 19.9 Å². The highest BCUT2D eigenvalue weighted by Gasteiger charge is 2.12. The van der Waals surface area contributed by atoms with Gasteiger partial charge < -0.3 is 20.1 Å². The number of hydrogen-bond donors (Lipinski definition) is 2. The first-order chi connectivity index (χ1) is 21.6. The number of carbonyl (C=O) groups excluding carboxylic acids is 1. The summed E-state index contributed by atoms with van der Waals surface area (Å²) in [7, 11) is 3.27. The van der Waals surface area contributed by atoms with Crippen LogP contribution in [0.5, 0.6) is 11.5 Å². The van der Waals surface area contributed by atoms with Gasteiger partial charge in [-0.15, -0.1) is 0 Å². The van der Waals surface area contributed by atoms with Crippen molar-refractivity contribution in [3.8, 4) is 33.8 Å². The zero-order valence-electron chi connectivity index (χ0n) is 24.1. The van der Waals surface area contributed by atoms with Crippen LogP contribution in [0.25, 0.3) is 22.3 Å². The van der Waals surface area contributed by atoms with Gasteiger partial charge in [-0.2, -0.15) is 0 Å². The third kappa shape index (κ3) is 6.52. The Balaban J connectivity index is 1.12. The van der Waals surface area contributed by atoms with Crippen molar-refractivity contribution in [2.45, 2.75) is 0 Å². The molecule has 2 aromatic heterocycles. The third-order valence-electron chi connectivity index (χ3n) is 6.91.